The first kappa shape index (κ1) is 17.3. The average Bonchev–Trinajstić information content (AvgIpc) is 3.31. The van der Waals surface area contributed by atoms with Crippen LogP contribution in [0.2, 0.25) is 0 Å². The number of rotatable bonds is 5. The molecule has 6 heteroatoms. The molecule has 4 rings (SSSR count). The fraction of sp³-hybridized carbons (Fsp3) is 0.143. The third-order valence-corrected chi connectivity index (χ3v) is 5.31. The van der Waals surface area contributed by atoms with Gasteiger partial charge in [0.25, 0.3) is 5.91 Å². The van der Waals surface area contributed by atoms with Crippen LogP contribution in [-0.4, -0.2) is 18.0 Å². The second-order valence-electron chi connectivity index (χ2n) is 6.11. The van der Waals surface area contributed by atoms with Crippen LogP contribution in [-0.2, 0) is 6.54 Å². The second kappa shape index (κ2) is 7.25. The maximum absolute atomic E-state index is 12.5. The number of carbonyl (C=O) groups excluding carboxylic acids is 1. The van der Waals surface area contributed by atoms with Gasteiger partial charge in [0.2, 0.25) is 0 Å². The van der Waals surface area contributed by atoms with Gasteiger partial charge in [-0.3, -0.25) is 4.79 Å². The van der Waals surface area contributed by atoms with E-state index in [1.54, 1.807) is 18.4 Å². The molecule has 136 valence electrons. The van der Waals surface area contributed by atoms with Crippen LogP contribution in [0.1, 0.15) is 21.8 Å². The third-order valence-electron chi connectivity index (χ3n) is 4.37. The number of nitrogens with one attached hydrogen (secondary N) is 1. The number of methoxy groups -OCH3 is 1. The normalized spacial score (nSPS) is 10.9. The van der Waals surface area contributed by atoms with E-state index in [1.807, 2.05) is 60.8 Å². The Kier molecular flexibility index (Phi) is 4.64. The number of benzene rings is 2. The number of thiazole rings is 1. The van der Waals surface area contributed by atoms with Gasteiger partial charge in [-0.2, -0.15) is 0 Å². The van der Waals surface area contributed by atoms with Crippen molar-refractivity contribution in [2.45, 2.75) is 13.5 Å². The molecule has 0 unspecified atom stereocenters. The van der Waals surface area contributed by atoms with Gasteiger partial charge in [-0.25, -0.2) is 4.98 Å². The van der Waals surface area contributed by atoms with Crippen molar-refractivity contribution >= 4 is 28.2 Å². The van der Waals surface area contributed by atoms with Crippen LogP contribution in [0, 0.1) is 6.92 Å². The lowest BCUT2D eigenvalue weighted by atomic mass is 10.1. The van der Waals surface area contributed by atoms with Crippen LogP contribution in [0.4, 0.5) is 0 Å². The summed E-state index contributed by atoms with van der Waals surface area (Å²) in [5.74, 6) is 0.925. The van der Waals surface area contributed by atoms with Crippen LogP contribution < -0.4 is 10.1 Å². The number of para-hydroxylation sites is 1. The van der Waals surface area contributed by atoms with Crippen molar-refractivity contribution in [3.8, 4) is 16.3 Å². The number of hydrogen-bond donors (Lipinski definition) is 1. The van der Waals surface area contributed by atoms with E-state index in [0.717, 1.165) is 38.5 Å². The van der Waals surface area contributed by atoms with Gasteiger partial charge in [0, 0.05) is 21.9 Å². The minimum absolute atomic E-state index is 0.234. The van der Waals surface area contributed by atoms with Gasteiger partial charge >= 0.3 is 0 Å². The number of ether oxygens (including phenoxy) is 1. The molecule has 2 aromatic heterocycles. The van der Waals surface area contributed by atoms with E-state index in [1.165, 1.54) is 0 Å². The predicted octanol–water partition coefficient (Wildman–Crippen LogP) is 4.80. The van der Waals surface area contributed by atoms with E-state index in [4.69, 9.17) is 9.15 Å². The Bertz CT molecular complexity index is 1100. The van der Waals surface area contributed by atoms with Crippen molar-refractivity contribution in [2.75, 3.05) is 7.11 Å². The molecule has 5 nitrogen and oxygen atoms in total. The van der Waals surface area contributed by atoms with E-state index >= 15 is 0 Å². The fourth-order valence-electron chi connectivity index (χ4n) is 2.90. The SMILES string of the molecule is COc1ccc(-c2nc(CNC(=O)c3oc4ccccc4c3C)cs2)cc1. The topological polar surface area (TPSA) is 64.4 Å². The summed E-state index contributed by atoms with van der Waals surface area (Å²) in [7, 11) is 1.64. The van der Waals surface area contributed by atoms with Gasteiger partial charge in [0.15, 0.2) is 5.76 Å². The molecule has 2 heterocycles. The Labute approximate surface area is 160 Å². The summed E-state index contributed by atoms with van der Waals surface area (Å²) in [6, 6.07) is 15.4. The molecule has 0 aliphatic heterocycles. The summed E-state index contributed by atoms with van der Waals surface area (Å²) in [5, 5.41) is 6.70. The molecule has 4 aromatic rings. The zero-order valence-corrected chi connectivity index (χ0v) is 15.8. The maximum atomic E-state index is 12.5. The van der Waals surface area contributed by atoms with Crippen molar-refractivity contribution < 1.29 is 13.9 Å². The molecule has 2 aromatic carbocycles. The molecule has 0 aliphatic rings. The maximum Gasteiger partial charge on any atom is 0.287 e. The lowest BCUT2D eigenvalue weighted by molar-refractivity contribution is 0.0924. The van der Waals surface area contributed by atoms with Crippen LogP contribution in [0.25, 0.3) is 21.5 Å². The number of aryl methyl sites for hydroxylation is 1. The van der Waals surface area contributed by atoms with Crippen LogP contribution in [0.15, 0.2) is 58.3 Å². The average molecular weight is 378 g/mol. The molecular weight excluding hydrogens is 360 g/mol. The summed E-state index contributed by atoms with van der Waals surface area (Å²) in [6.45, 7) is 2.24. The minimum Gasteiger partial charge on any atom is -0.497 e. The Hall–Kier alpha value is -3.12. The fourth-order valence-corrected chi connectivity index (χ4v) is 3.72. The summed E-state index contributed by atoms with van der Waals surface area (Å²) in [4.78, 5) is 17.1. The third kappa shape index (κ3) is 3.44. The molecule has 0 saturated carbocycles. The van der Waals surface area contributed by atoms with Gasteiger partial charge in [-0.05, 0) is 37.3 Å². The zero-order valence-electron chi connectivity index (χ0n) is 15.0. The molecule has 0 saturated heterocycles. The molecule has 1 amide bonds. The van der Waals surface area contributed by atoms with Gasteiger partial charge in [0.1, 0.15) is 16.3 Å². The number of aromatic nitrogens is 1. The number of hydrogen-bond acceptors (Lipinski definition) is 5. The molecule has 0 spiro atoms. The minimum atomic E-state index is -0.234. The molecule has 0 aliphatic carbocycles. The quantitative estimate of drug-likeness (QED) is 0.542. The van der Waals surface area contributed by atoms with Crippen molar-refractivity contribution in [2.24, 2.45) is 0 Å². The molecule has 1 N–H and O–H groups in total. The highest BCUT2D eigenvalue weighted by Gasteiger charge is 2.17. The first-order valence-corrected chi connectivity index (χ1v) is 9.39. The number of amides is 1. The van der Waals surface area contributed by atoms with E-state index in [2.05, 4.69) is 10.3 Å². The van der Waals surface area contributed by atoms with Crippen LogP contribution in [0.3, 0.4) is 0 Å². The van der Waals surface area contributed by atoms with Crippen LogP contribution >= 0.6 is 11.3 Å². The molecule has 0 fully saturated rings. The molecule has 0 atom stereocenters. The van der Waals surface area contributed by atoms with Crippen LogP contribution in [0.5, 0.6) is 5.75 Å². The molecule has 0 radical (unpaired) electrons. The number of carbonyl (C=O) groups is 1. The largest absolute Gasteiger partial charge is 0.497 e. The van der Waals surface area contributed by atoms with E-state index in [0.29, 0.717) is 12.3 Å². The van der Waals surface area contributed by atoms with Crippen molar-refractivity contribution in [1.29, 1.82) is 0 Å². The zero-order chi connectivity index (χ0) is 18.8. The summed E-state index contributed by atoms with van der Waals surface area (Å²) in [6.07, 6.45) is 0. The highest BCUT2D eigenvalue weighted by atomic mass is 32.1. The molecule has 0 bridgehead atoms. The molecular formula is C21H18N2O3S. The van der Waals surface area contributed by atoms with Gasteiger partial charge in [-0.15, -0.1) is 11.3 Å². The number of furan rings is 1. The standard InChI is InChI=1S/C21H18N2O3S/c1-13-17-5-3-4-6-18(17)26-19(13)20(24)22-11-15-12-27-21(23-15)14-7-9-16(25-2)10-8-14/h3-10,12H,11H2,1-2H3,(H,22,24). The smallest absolute Gasteiger partial charge is 0.287 e. The van der Waals surface area contributed by atoms with Gasteiger partial charge < -0.3 is 14.5 Å². The lowest BCUT2D eigenvalue weighted by Crippen LogP contribution is -2.23. The monoisotopic (exact) mass is 378 g/mol. The Morgan fingerprint density at radius 3 is 2.70 bits per heavy atom. The lowest BCUT2D eigenvalue weighted by Gasteiger charge is -2.02. The summed E-state index contributed by atoms with van der Waals surface area (Å²) < 4.78 is 10.9. The summed E-state index contributed by atoms with van der Waals surface area (Å²) in [5.41, 5.74) is 3.40. The van der Waals surface area contributed by atoms with E-state index in [9.17, 15) is 4.79 Å². The van der Waals surface area contributed by atoms with Crippen molar-refractivity contribution in [3.63, 3.8) is 0 Å². The Morgan fingerprint density at radius 1 is 1.19 bits per heavy atom. The first-order valence-electron chi connectivity index (χ1n) is 8.51. The van der Waals surface area contributed by atoms with E-state index in [-0.39, 0.29) is 5.91 Å². The van der Waals surface area contributed by atoms with E-state index < -0.39 is 0 Å². The van der Waals surface area contributed by atoms with Crippen molar-refractivity contribution in [3.05, 3.63) is 70.9 Å². The summed E-state index contributed by atoms with van der Waals surface area (Å²) >= 11 is 1.54. The first-order chi connectivity index (χ1) is 13.2. The van der Waals surface area contributed by atoms with Crippen molar-refractivity contribution in [1.82, 2.24) is 10.3 Å². The number of fused-ring (bicyclic) bond motifs is 1. The second-order valence-corrected chi connectivity index (χ2v) is 6.97. The molecule has 27 heavy (non-hydrogen) atoms. The van der Waals surface area contributed by atoms with Gasteiger partial charge in [-0.1, -0.05) is 18.2 Å². The highest BCUT2D eigenvalue weighted by Crippen LogP contribution is 2.27. The Morgan fingerprint density at radius 2 is 1.96 bits per heavy atom. The number of nitrogens with zero attached hydrogens (tertiary/aromatic N) is 1. The highest BCUT2D eigenvalue weighted by molar-refractivity contribution is 7.13. The van der Waals surface area contributed by atoms with Gasteiger partial charge in [0.05, 0.1) is 19.3 Å². The predicted molar refractivity (Wildman–Crippen MR) is 106 cm³/mol. The Balaban J connectivity index is 1.46.